The minimum atomic E-state index is -0.218. The zero-order valence-electron chi connectivity index (χ0n) is 9.60. The van der Waals surface area contributed by atoms with Gasteiger partial charge in [0.1, 0.15) is 0 Å². The van der Waals surface area contributed by atoms with Crippen LogP contribution in [0.1, 0.15) is 17.5 Å². The van der Waals surface area contributed by atoms with Gasteiger partial charge in [-0.05, 0) is 0 Å². The standard InChI is InChI=1S/C16H14Te/c1-2-9-14(10-3-1)17-16-12-6-8-13-7-4-5-11-15(13)16/h1-5,7,9-12H,6,8H2. The Bertz CT molecular complexity index is 540. The zero-order valence-corrected chi connectivity index (χ0v) is 11.9. The normalized spacial score (nSPS) is 14.0. The minimum absolute atomic E-state index is 0.218. The van der Waals surface area contributed by atoms with Gasteiger partial charge in [0.2, 0.25) is 0 Å². The summed E-state index contributed by atoms with van der Waals surface area (Å²) < 4.78 is 3.14. The van der Waals surface area contributed by atoms with E-state index in [1.165, 1.54) is 27.6 Å². The van der Waals surface area contributed by atoms with Crippen molar-refractivity contribution in [1.29, 1.82) is 0 Å². The van der Waals surface area contributed by atoms with Gasteiger partial charge in [-0.15, -0.1) is 0 Å². The van der Waals surface area contributed by atoms with Gasteiger partial charge in [-0.1, -0.05) is 0 Å². The Hall–Kier alpha value is -1.03. The quantitative estimate of drug-likeness (QED) is 0.741. The predicted molar refractivity (Wildman–Crippen MR) is 74.6 cm³/mol. The fourth-order valence-electron chi connectivity index (χ4n) is 2.16. The first-order valence-electron chi connectivity index (χ1n) is 5.95. The molecule has 3 rings (SSSR count). The van der Waals surface area contributed by atoms with Gasteiger partial charge in [-0.2, -0.15) is 0 Å². The average molecular weight is 334 g/mol. The molecule has 0 spiro atoms. The van der Waals surface area contributed by atoms with Crippen LogP contribution >= 0.6 is 0 Å². The van der Waals surface area contributed by atoms with Crippen molar-refractivity contribution >= 4 is 28.2 Å². The third-order valence-electron chi connectivity index (χ3n) is 3.00. The number of rotatable bonds is 2. The molecule has 0 N–H and O–H groups in total. The van der Waals surface area contributed by atoms with Crippen LogP contribution in [0, 0.1) is 0 Å². The Balaban J connectivity index is 1.92. The van der Waals surface area contributed by atoms with Crippen LogP contribution in [0.5, 0.6) is 0 Å². The van der Waals surface area contributed by atoms with Gasteiger partial charge in [-0.25, -0.2) is 0 Å². The molecule has 0 amide bonds. The van der Waals surface area contributed by atoms with Crippen LogP contribution in [0.2, 0.25) is 0 Å². The molecule has 0 saturated carbocycles. The van der Waals surface area contributed by atoms with Gasteiger partial charge >= 0.3 is 113 Å². The van der Waals surface area contributed by atoms with Crippen molar-refractivity contribution in [2.75, 3.05) is 0 Å². The van der Waals surface area contributed by atoms with Crippen molar-refractivity contribution in [1.82, 2.24) is 0 Å². The first-order valence-corrected chi connectivity index (χ1v) is 8.28. The zero-order chi connectivity index (χ0) is 11.5. The molecule has 0 heterocycles. The Kier molecular flexibility index (Phi) is 3.31. The molecule has 84 valence electrons. The Morgan fingerprint density at radius 3 is 2.47 bits per heavy atom. The van der Waals surface area contributed by atoms with Crippen molar-refractivity contribution < 1.29 is 0 Å². The third kappa shape index (κ3) is 2.46. The summed E-state index contributed by atoms with van der Waals surface area (Å²) in [5.74, 6) is 0. The summed E-state index contributed by atoms with van der Waals surface area (Å²) in [5.41, 5.74) is 3.04. The van der Waals surface area contributed by atoms with E-state index in [0.29, 0.717) is 0 Å². The van der Waals surface area contributed by atoms with Crippen LogP contribution in [0.25, 0.3) is 3.62 Å². The topological polar surface area (TPSA) is 0 Å². The predicted octanol–water partition coefficient (Wildman–Crippen LogP) is 3.00. The number of hydrogen-bond acceptors (Lipinski definition) is 0. The molecule has 0 fully saturated rings. The molecule has 2 aromatic rings. The molecule has 0 saturated heterocycles. The van der Waals surface area contributed by atoms with E-state index in [2.05, 4.69) is 60.7 Å². The molecular formula is C16H14Te. The fourth-order valence-corrected chi connectivity index (χ4v) is 5.18. The number of aryl methyl sites for hydroxylation is 1. The molecule has 0 aliphatic heterocycles. The summed E-state index contributed by atoms with van der Waals surface area (Å²) >= 11 is -0.218. The van der Waals surface area contributed by atoms with Crippen LogP contribution < -0.4 is 3.61 Å². The van der Waals surface area contributed by atoms with Crippen molar-refractivity contribution in [3.8, 4) is 0 Å². The molecule has 0 atom stereocenters. The number of hydrogen-bond donors (Lipinski definition) is 0. The van der Waals surface area contributed by atoms with Gasteiger partial charge in [0, 0.05) is 0 Å². The van der Waals surface area contributed by atoms with E-state index in [-0.39, 0.29) is 20.9 Å². The summed E-state index contributed by atoms with van der Waals surface area (Å²) in [6, 6.07) is 19.8. The molecule has 0 bridgehead atoms. The Morgan fingerprint density at radius 2 is 1.59 bits per heavy atom. The molecule has 2 aromatic carbocycles. The molecule has 1 aliphatic carbocycles. The van der Waals surface area contributed by atoms with E-state index in [4.69, 9.17) is 0 Å². The van der Waals surface area contributed by atoms with E-state index >= 15 is 0 Å². The van der Waals surface area contributed by atoms with Crippen LogP contribution in [-0.4, -0.2) is 20.9 Å². The summed E-state index contributed by atoms with van der Waals surface area (Å²) in [6.45, 7) is 0. The molecule has 0 unspecified atom stereocenters. The maximum absolute atomic E-state index is 2.46. The van der Waals surface area contributed by atoms with Crippen LogP contribution in [0.4, 0.5) is 0 Å². The Labute approximate surface area is 112 Å². The second-order valence-electron chi connectivity index (χ2n) is 4.18. The van der Waals surface area contributed by atoms with Gasteiger partial charge in [0.05, 0.1) is 0 Å². The van der Waals surface area contributed by atoms with Gasteiger partial charge in [0.15, 0.2) is 0 Å². The number of fused-ring (bicyclic) bond motifs is 1. The number of benzene rings is 2. The van der Waals surface area contributed by atoms with E-state index in [1.54, 1.807) is 3.62 Å². The molecule has 1 heteroatoms. The molecule has 0 nitrogen and oxygen atoms in total. The van der Waals surface area contributed by atoms with Crippen molar-refractivity contribution in [3.63, 3.8) is 0 Å². The summed E-state index contributed by atoms with van der Waals surface area (Å²) in [5, 5.41) is 0. The first kappa shape index (κ1) is 11.1. The first-order chi connectivity index (χ1) is 8.43. The summed E-state index contributed by atoms with van der Waals surface area (Å²) in [7, 11) is 0. The molecule has 0 radical (unpaired) electrons. The maximum atomic E-state index is 2.46. The van der Waals surface area contributed by atoms with E-state index in [1.807, 2.05) is 0 Å². The number of allylic oxidation sites excluding steroid dienone is 1. The molecule has 17 heavy (non-hydrogen) atoms. The third-order valence-corrected chi connectivity index (χ3v) is 6.18. The molecule has 0 aromatic heterocycles. The monoisotopic (exact) mass is 336 g/mol. The van der Waals surface area contributed by atoms with Crippen molar-refractivity contribution in [3.05, 3.63) is 71.8 Å². The van der Waals surface area contributed by atoms with Crippen LogP contribution in [0.3, 0.4) is 0 Å². The fraction of sp³-hybridized carbons (Fsp3) is 0.125. The SMILES string of the molecule is C1=C([Te]c2ccccc2)c2ccccc2CC1. The summed E-state index contributed by atoms with van der Waals surface area (Å²) in [6.07, 6.45) is 4.88. The second kappa shape index (κ2) is 5.08. The molecule has 1 aliphatic rings. The van der Waals surface area contributed by atoms with E-state index in [0.717, 1.165) is 0 Å². The van der Waals surface area contributed by atoms with Crippen LogP contribution in [-0.2, 0) is 6.42 Å². The Morgan fingerprint density at radius 1 is 0.824 bits per heavy atom. The summed E-state index contributed by atoms with van der Waals surface area (Å²) in [4.78, 5) is 0. The van der Waals surface area contributed by atoms with Crippen molar-refractivity contribution in [2.45, 2.75) is 12.8 Å². The van der Waals surface area contributed by atoms with Crippen LogP contribution in [0.15, 0.2) is 60.7 Å². The van der Waals surface area contributed by atoms with E-state index < -0.39 is 0 Å². The molecular weight excluding hydrogens is 320 g/mol. The average Bonchev–Trinajstić information content (AvgIpc) is 2.40. The van der Waals surface area contributed by atoms with Gasteiger partial charge in [-0.3, -0.25) is 0 Å². The van der Waals surface area contributed by atoms with Gasteiger partial charge < -0.3 is 0 Å². The van der Waals surface area contributed by atoms with Gasteiger partial charge in [0.25, 0.3) is 0 Å². The second-order valence-corrected chi connectivity index (χ2v) is 7.36. The van der Waals surface area contributed by atoms with E-state index in [9.17, 15) is 0 Å². The van der Waals surface area contributed by atoms with Crippen molar-refractivity contribution in [2.24, 2.45) is 0 Å².